The molecule has 0 bridgehead atoms. The van der Waals surface area contributed by atoms with Gasteiger partial charge < -0.3 is 15.4 Å². The first-order valence-corrected chi connectivity index (χ1v) is 5.10. The fraction of sp³-hybridized carbons (Fsp3) is 1.00. The Hall–Kier alpha value is -0.120. The molecule has 0 atom stereocenters. The van der Waals surface area contributed by atoms with Crippen molar-refractivity contribution in [1.29, 1.82) is 0 Å². The van der Waals surface area contributed by atoms with E-state index >= 15 is 0 Å². The van der Waals surface area contributed by atoms with Crippen LogP contribution in [0.2, 0.25) is 0 Å². The molecule has 1 rings (SSSR count). The average Bonchev–Trinajstić information content (AvgIpc) is 2.06. The Labute approximate surface area is 82.2 Å². The molecule has 13 heavy (non-hydrogen) atoms. The number of nitrogens with one attached hydrogen (secondary N) is 2. The molecule has 0 aromatic rings. The summed E-state index contributed by atoms with van der Waals surface area (Å²) >= 11 is 0. The van der Waals surface area contributed by atoms with Gasteiger partial charge in [-0.3, -0.25) is 0 Å². The van der Waals surface area contributed by atoms with Crippen LogP contribution in [0.4, 0.5) is 0 Å². The van der Waals surface area contributed by atoms with Crippen LogP contribution in [0.15, 0.2) is 0 Å². The van der Waals surface area contributed by atoms with Gasteiger partial charge in [0.05, 0.1) is 13.2 Å². The lowest BCUT2D eigenvalue weighted by Crippen LogP contribution is -2.35. The SMILES string of the molecule is C1COCCN1.CCNC(C)(C)C. The van der Waals surface area contributed by atoms with E-state index in [1.54, 1.807) is 0 Å². The first-order valence-electron chi connectivity index (χ1n) is 5.10. The standard InChI is InChI=1S/C6H15N.C4H9NO/c1-5-7-6(2,3)4;1-3-6-4-2-5-1/h7H,5H2,1-4H3;5H,1-4H2. The second-order valence-electron chi connectivity index (χ2n) is 4.14. The van der Waals surface area contributed by atoms with Crippen LogP contribution in [0.25, 0.3) is 0 Å². The topological polar surface area (TPSA) is 33.3 Å². The number of morpholine rings is 1. The summed E-state index contributed by atoms with van der Waals surface area (Å²) in [6, 6.07) is 0. The highest BCUT2D eigenvalue weighted by Gasteiger charge is 2.04. The van der Waals surface area contributed by atoms with Gasteiger partial charge in [-0.2, -0.15) is 0 Å². The van der Waals surface area contributed by atoms with Crippen LogP contribution in [-0.2, 0) is 4.74 Å². The van der Waals surface area contributed by atoms with Crippen molar-refractivity contribution in [1.82, 2.24) is 10.6 Å². The monoisotopic (exact) mass is 188 g/mol. The lowest BCUT2D eigenvalue weighted by Gasteiger charge is -2.18. The van der Waals surface area contributed by atoms with Crippen molar-refractivity contribution < 1.29 is 4.74 Å². The van der Waals surface area contributed by atoms with Crippen LogP contribution >= 0.6 is 0 Å². The average molecular weight is 188 g/mol. The van der Waals surface area contributed by atoms with Crippen molar-refractivity contribution in [2.24, 2.45) is 0 Å². The quantitative estimate of drug-likeness (QED) is 0.644. The number of hydrogen-bond donors (Lipinski definition) is 2. The second-order valence-corrected chi connectivity index (χ2v) is 4.14. The van der Waals surface area contributed by atoms with E-state index in [0.29, 0.717) is 5.54 Å². The summed E-state index contributed by atoms with van der Waals surface area (Å²) in [5.74, 6) is 0. The Kier molecular flexibility index (Phi) is 7.23. The van der Waals surface area contributed by atoms with Crippen molar-refractivity contribution in [2.45, 2.75) is 33.2 Å². The molecular weight excluding hydrogens is 164 g/mol. The highest BCUT2D eigenvalue weighted by Crippen LogP contribution is 1.95. The molecule has 0 aromatic carbocycles. The van der Waals surface area contributed by atoms with E-state index in [2.05, 4.69) is 38.3 Å². The summed E-state index contributed by atoms with van der Waals surface area (Å²) in [7, 11) is 0. The second kappa shape index (κ2) is 7.30. The largest absolute Gasteiger partial charge is 0.379 e. The minimum Gasteiger partial charge on any atom is -0.379 e. The summed E-state index contributed by atoms with van der Waals surface area (Å²) in [5, 5.41) is 6.44. The fourth-order valence-corrected chi connectivity index (χ4v) is 1.05. The Morgan fingerprint density at radius 2 is 1.77 bits per heavy atom. The first kappa shape index (κ1) is 12.9. The van der Waals surface area contributed by atoms with Gasteiger partial charge in [-0.05, 0) is 27.3 Å². The summed E-state index contributed by atoms with van der Waals surface area (Å²) in [6.07, 6.45) is 0. The molecule has 0 radical (unpaired) electrons. The van der Waals surface area contributed by atoms with Gasteiger partial charge in [0.1, 0.15) is 0 Å². The Morgan fingerprint density at radius 1 is 1.23 bits per heavy atom. The predicted octanol–water partition coefficient (Wildman–Crippen LogP) is 1.00. The van der Waals surface area contributed by atoms with E-state index in [9.17, 15) is 0 Å². The highest BCUT2D eigenvalue weighted by molar-refractivity contribution is 4.67. The van der Waals surface area contributed by atoms with Crippen LogP contribution in [-0.4, -0.2) is 38.4 Å². The van der Waals surface area contributed by atoms with Crippen molar-refractivity contribution in [3.8, 4) is 0 Å². The molecule has 1 saturated heterocycles. The molecule has 0 aliphatic carbocycles. The molecule has 0 spiro atoms. The molecule has 2 N–H and O–H groups in total. The van der Waals surface area contributed by atoms with Crippen molar-refractivity contribution >= 4 is 0 Å². The van der Waals surface area contributed by atoms with Gasteiger partial charge in [-0.25, -0.2) is 0 Å². The maximum absolute atomic E-state index is 5.01. The van der Waals surface area contributed by atoms with Gasteiger partial charge >= 0.3 is 0 Å². The molecule has 1 heterocycles. The van der Waals surface area contributed by atoms with Crippen LogP contribution in [0, 0.1) is 0 Å². The summed E-state index contributed by atoms with van der Waals surface area (Å²) in [5.41, 5.74) is 0.300. The molecule has 0 unspecified atom stereocenters. The molecule has 1 aliphatic rings. The van der Waals surface area contributed by atoms with E-state index in [4.69, 9.17) is 4.74 Å². The van der Waals surface area contributed by atoms with Crippen molar-refractivity contribution in [3.63, 3.8) is 0 Å². The van der Waals surface area contributed by atoms with Crippen molar-refractivity contribution in [3.05, 3.63) is 0 Å². The summed E-state index contributed by atoms with van der Waals surface area (Å²) in [4.78, 5) is 0. The maximum Gasteiger partial charge on any atom is 0.0591 e. The first-order chi connectivity index (χ1) is 6.06. The van der Waals surface area contributed by atoms with Crippen LogP contribution < -0.4 is 10.6 Å². The van der Waals surface area contributed by atoms with E-state index in [0.717, 1.165) is 32.8 Å². The maximum atomic E-state index is 5.01. The Balaban J connectivity index is 0.000000223. The molecular formula is C10H24N2O. The normalized spacial score (nSPS) is 17.5. The third-order valence-electron chi connectivity index (χ3n) is 1.55. The minimum absolute atomic E-state index is 0.300. The number of rotatable bonds is 1. The lowest BCUT2D eigenvalue weighted by atomic mass is 10.1. The molecule has 0 amide bonds. The lowest BCUT2D eigenvalue weighted by molar-refractivity contribution is 0.109. The van der Waals surface area contributed by atoms with Crippen molar-refractivity contribution in [2.75, 3.05) is 32.8 Å². The van der Waals surface area contributed by atoms with Crippen LogP contribution in [0.1, 0.15) is 27.7 Å². The van der Waals surface area contributed by atoms with Gasteiger partial charge in [-0.1, -0.05) is 6.92 Å². The van der Waals surface area contributed by atoms with E-state index in [-0.39, 0.29) is 0 Å². The minimum atomic E-state index is 0.300. The smallest absolute Gasteiger partial charge is 0.0591 e. The molecule has 3 nitrogen and oxygen atoms in total. The molecule has 1 fully saturated rings. The highest BCUT2D eigenvalue weighted by atomic mass is 16.5. The summed E-state index contributed by atoms with van der Waals surface area (Å²) in [6.45, 7) is 13.5. The van der Waals surface area contributed by atoms with Crippen LogP contribution in [0.5, 0.6) is 0 Å². The summed E-state index contributed by atoms with van der Waals surface area (Å²) < 4.78 is 5.01. The van der Waals surface area contributed by atoms with Gasteiger partial charge in [-0.15, -0.1) is 0 Å². The zero-order valence-corrected chi connectivity index (χ0v) is 9.44. The molecule has 80 valence electrons. The van der Waals surface area contributed by atoms with Gasteiger partial charge in [0.15, 0.2) is 0 Å². The molecule has 1 aliphatic heterocycles. The van der Waals surface area contributed by atoms with E-state index in [1.165, 1.54) is 0 Å². The van der Waals surface area contributed by atoms with Gasteiger partial charge in [0.25, 0.3) is 0 Å². The predicted molar refractivity (Wildman–Crippen MR) is 57.1 cm³/mol. The fourth-order valence-electron chi connectivity index (χ4n) is 1.05. The zero-order valence-electron chi connectivity index (χ0n) is 9.44. The number of hydrogen-bond acceptors (Lipinski definition) is 3. The molecule has 0 saturated carbocycles. The zero-order chi connectivity index (χ0) is 10.2. The third-order valence-corrected chi connectivity index (χ3v) is 1.55. The van der Waals surface area contributed by atoms with E-state index in [1.807, 2.05) is 0 Å². The number of ether oxygens (including phenoxy) is 1. The molecule has 3 heteroatoms. The van der Waals surface area contributed by atoms with Crippen LogP contribution in [0.3, 0.4) is 0 Å². The van der Waals surface area contributed by atoms with Gasteiger partial charge in [0.2, 0.25) is 0 Å². The van der Waals surface area contributed by atoms with Gasteiger partial charge in [0, 0.05) is 18.6 Å². The van der Waals surface area contributed by atoms with E-state index < -0.39 is 0 Å². The third kappa shape index (κ3) is 11.9. The molecule has 0 aromatic heterocycles. The Morgan fingerprint density at radius 3 is 1.85 bits per heavy atom. The Bertz CT molecular complexity index is 94.5.